The molecule has 0 bridgehead atoms. The molecule has 0 unspecified atom stereocenters. The molecular weight excluding hydrogens is 538 g/mol. The highest BCUT2D eigenvalue weighted by atomic mass is 79.9. The van der Waals surface area contributed by atoms with E-state index in [1.165, 1.54) is 4.90 Å². The third-order valence-electron chi connectivity index (χ3n) is 6.94. The maximum Gasteiger partial charge on any atom is 0.293 e. The number of hydrogen-bond donors (Lipinski definition) is 0. The predicted octanol–water partition coefficient (Wildman–Crippen LogP) is 5.94. The van der Waals surface area contributed by atoms with Gasteiger partial charge in [-0.1, -0.05) is 53.2 Å². The van der Waals surface area contributed by atoms with Crippen LogP contribution >= 0.6 is 27.7 Å². The van der Waals surface area contributed by atoms with Gasteiger partial charge in [0.05, 0.1) is 4.91 Å². The zero-order valence-electron chi connectivity index (χ0n) is 20.2. The van der Waals surface area contributed by atoms with Gasteiger partial charge >= 0.3 is 0 Å². The van der Waals surface area contributed by atoms with Gasteiger partial charge in [0, 0.05) is 46.8 Å². The SMILES string of the molecule is CC1CCN(C(=O)Cn2cc(/C=C3\SC(=O)N(CCc4ccccc4)C3=O)c3cc(Br)ccc32)CC1. The topological polar surface area (TPSA) is 62.6 Å². The Morgan fingerprint density at radius 3 is 2.61 bits per heavy atom. The molecule has 6 nitrogen and oxygen atoms in total. The van der Waals surface area contributed by atoms with Crippen molar-refractivity contribution in [2.75, 3.05) is 19.6 Å². The molecule has 0 atom stereocenters. The van der Waals surface area contributed by atoms with Gasteiger partial charge in [-0.25, -0.2) is 0 Å². The summed E-state index contributed by atoms with van der Waals surface area (Å²) in [5.41, 5.74) is 2.83. The standard InChI is InChI=1S/C28H28BrN3O3S/c1-19-9-12-30(13-10-19)26(33)18-31-17-21(23-16-22(29)7-8-24(23)31)15-25-27(34)32(28(35)36-25)14-11-20-5-3-2-4-6-20/h2-8,15-17,19H,9-14,18H2,1H3/b25-15-. The number of carbonyl (C=O) groups excluding carboxylic acids is 3. The van der Waals surface area contributed by atoms with Crippen LogP contribution in [0.4, 0.5) is 4.79 Å². The largest absolute Gasteiger partial charge is 0.341 e. The first-order valence-corrected chi connectivity index (χ1v) is 13.9. The maximum atomic E-state index is 13.1. The number of aromatic nitrogens is 1. The third-order valence-corrected chi connectivity index (χ3v) is 8.34. The van der Waals surface area contributed by atoms with Crippen molar-refractivity contribution in [2.45, 2.75) is 32.7 Å². The van der Waals surface area contributed by atoms with E-state index in [4.69, 9.17) is 0 Å². The van der Waals surface area contributed by atoms with Crippen LogP contribution in [-0.4, -0.2) is 51.1 Å². The van der Waals surface area contributed by atoms with Gasteiger partial charge < -0.3 is 9.47 Å². The van der Waals surface area contributed by atoms with Gasteiger partial charge in [-0.15, -0.1) is 0 Å². The summed E-state index contributed by atoms with van der Waals surface area (Å²) in [6, 6.07) is 15.8. The minimum atomic E-state index is -0.268. The molecule has 0 radical (unpaired) electrons. The average molecular weight is 567 g/mol. The summed E-state index contributed by atoms with van der Waals surface area (Å²) in [5, 5.41) is 0.683. The highest BCUT2D eigenvalue weighted by Gasteiger charge is 2.35. The third kappa shape index (κ3) is 5.30. The van der Waals surface area contributed by atoms with Crippen molar-refractivity contribution < 1.29 is 14.4 Å². The molecular formula is C28H28BrN3O3S. The number of thioether (sulfide) groups is 1. The van der Waals surface area contributed by atoms with Crippen LogP contribution < -0.4 is 0 Å². The summed E-state index contributed by atoms with van der Waals surface area (Å²) in [7, 11) is 0. The van der Waals surface area contributed by atoms with E-state index >= 15 is 0 Å². The lowest BCUT2D eigenvalue weighted by molar-refractivity contribution is -0.133. The number of nitrogens with zero attached hydrogens (tertiary/aromatic N) is 3. The molecule has 2 saturated heterocycles. The fraction of sp³-hybridized carbons (Fsp3) is 0.321. The Balaban J connectivity index is 1.38. The van der Waals surface area contributed by atoms with Crippen molar-refractivity contribution in [3.05, 3.63) is 75.2 Å². The molecule has 3 aromatic rings. The minimum absolute atomic E-state index is 0.106. The lowest BCUT2D eigenvalue weighted by Crippen LogP contribution is -2.39. The fourth-order valence-electron chi connectivity index (χ4n) is 4.77. The Bertz CT molecular complexity index is 1340. The number of benzene rings is 2. The van der Waals surface area contributed by atoms with Gasteiger partial charge in [-0.2, -0.15) is 0 Å². The van der Waals surface area contributed by atoms with E-state index in [2.05, 4.69) is 22.9 Å². The quantitative estimate of drug-likeness (QED) is 0.347. The van der Waals surface area contributed by atoms with Crippen molar-refractivity contribution >= 4 is 61.7 Å². The molecule has 36 heavy (non-hydrogen) atoms. The summed E-state index contributed by atoms with van der Waals surface area (Å²) in [4.78, 5) is 42.4. The predicted molar refractivity (Wildman–Crippen MR) is 147 cm³/mol. The van der Waals surface area contributed by atoms with Gasteiger partial charge in [0.1, 0.15) is 6.54 Å². The molecule has 8 heteroatoms. The van der Waals surface area contributed by atoms with Gasteiger partial charge in [0.2, 0.25) is 5.91 Å². The Kier molecular flexibility index (Phi) is 7.34. The van der Waals surface area contributed by atoms with Gasteiger partial charge in [-0.3, -0.25) is 19.3 Å². The molecule has 3 heterocycles. The second-order valence-electron chi connectivity index (χ2n) is 9.51. The zero-order chi connectivity index (χ0) is 25.2. The van der Waals surface area contributed by atoms with Crippen LogP contribution in [0.1, 0.15) is 30.9 Å². The van der Waals surface area contributed by atoms with Gasteiger partial charge in [0.25, 0.3) is 11.1 Å². The maximum absolute atomic E-state index is 13.1. The molecule has 0 N–H and O–H groups in total. The number of carbonyl (C=O) groups is 3. The van der Waals surface area contributed by atoms with E-state index in [1.807, 2.05) is 64.2 Å². The summed E-state index contributed by atoms with van der Waals surface area (Å²) >= 11 is 4.51. The van der Waals surface area contributed by atoms with Crippen molar-refractivity contribution in [1.29, 1.82) is 0 Å². The molecule has 5 rings (SSSR count). The van der Waals surface area contributed by atoms with Crippen molar-refractivity contribution in [2.24, 2.45) is 5.92 Å². The van der Waals surface area contributed by atoms with Crippen LogP contribution in [0.3, 0.4) is 0 Å². The van der Waals surface area contributed by atoms with Crippen molar-refractivity contribution in [3.8, 4) is 0 Å². The molecule has 2 aromatic carbocycles. The summed E-state index contributed by atoms with van der Waals surface area (Å²) in [6.45, 7) is 4.43. The molecule has 2 aliphatic heterocycles. The molecule has 2 fully saturated rings. The zero-order valence-corrected chi connectivity index (χ0v) is 22.6. The van der Waals surface area contributed by atoms with Crippen LogP contribution in [0.25, 0.3) is 17.0 Å². The molecule has 0 aliphatic carbocycles. The Morgan fingerprint density at radius 2 is 1.86 bits per heavy atom. The second-order valence-corrected chi connectivity index (χ2v) is 11.4. The summed E-state index contributed by atoms with van der Waals surface area (Å²) < 4.78 is 2.86. The molecule has 0 spiro atoms. The summed E-state index contributed by atoms with van der Waals surface area (Å²) in [5.74, 6) is 0.498. The number of imide groups is 1. The number of likely N-dealkylation sites (tertiary alicyclic amines) is 1. The van der Waals surface area contributed by atoms with E-state index in [9.17, 15) is 14.4 Å². The Morgan fingerprint density at radius 1 is 1.11 bits per heavy atom. The number of hydrogen-bond acceptors (Lipinski definition) is 4. The highest BCUT2D eigenvalue weighted by Crippen LogP contribution is 2.35. The highest BCUT2D eigenvalue weighted by molar-refractivity contribution is 9.10. The van der Waals surface area contributed by atoms with E-state index in [0.717, 1.165) is 64.2 Å². The number of fused-ring (bicyclic) bond motifs is 1. The molecule has 186 valence electrons. The Hall–Kier alpha value is -2.84. The average Bonchev–Trinajstić information content (AvgIpc) is 3.34. The first-order chi connectivity index (χ1) is 17.4. The van der Waals surface area contributed by atoms with Crippen LogP contribution in [0.5, 0.6) is 0 Å². The lowest BCUT2D eigenvalue weighted by atomic mass is 9.99. The normalized spacial score (nSPS) is 18.1. The van der Waals surface area contributed by atoms with Crippen LogP contribution in [0.2, 0.25) is 0 Å². The molecule has 1 aromatic heterocycles. The Labute approximate surface area is 223 Å². The molecule has 0 saturated carbocycles. The number of amides is 3. The lowest BCUT2D eigenvalue weighted by Gasteiger charge is -2.30. The van der Waals surface area contributed by atoms with Crippen LogP contribution in [0.15, 0.2) is 64.1 Å². The van der Waals surface area contributed by atoms with Crippen molar-refractivity contribution in [3.63, 3.8) is 0 Å². The second kappa shape index (κ2) is 10.6. The monoisotopic (exact) mass is 565 g/mol. The van der Waals surface area contributed by atoms with E-state index in [-0.39, 0.29) is 23.6 Å². The molecule has 2 aliphatic rings. The van der Waals surface area contributed by atoms with Crippen LogP contribution in [-0.2, 0) is 22.6 Å². The molecule has 3 amide bonds. The van der Waals surface area contributed by atoms with Crippen molar-refractivity contribution in [1.82, 2.24) is 14.4 Å². The first-order valence-electron chi connectivity index (χ1n) is 12.2. The fourth-order valence-corrected chi connectivity index (χ4v) is 5.98. The minimum Gasteiger partial charge on any atom is -0.341 e. The van der Waals surface area contributed by atoms with Crippen LogP contribution in [0, 0.1) is 5.92 Å². The van der Waals surface area contributed by atoms with E-state index in [1.54, 1.807) is 6.08 Å². The number of rotatable bonds is 6. The first kappa shape index (κ1) is 24.8. The van der Waals surface area contributed by atoms with Gasteiger partial charge in [-0.05, 0) is 66.8 Å². The number of halogens is 1. The van der Waals surface area contributed by atoms with E-state index < -0.39 is 0 Å². The summed E-state index contributed by atoms with van der Waals surface area (Å²) in [6.07, 6.45) is 6.40. The van der Waals surface area contributed by atoms with Gasteiger partial charge in [0.15, 0.2) is 0 Å². The van der Waals surface area contributed by atoms with E-state index in [0.29, 0.717) is 23.8 Å². The smallest absolute Gasteiger partial charge is 0.293 e. The number of piperidine rings is 1.